The number of hydrogen-bond donors (Lipinski definition) is 1. The first-order chi connectivity index (χ1) is 13.3. The summed E-state index contributed by atoms with van der Waals surface area (Å²) in [6, 6.07) is 16.2. The SMILES string of the molecule is CCC[C@@H](C)NC(=O)COc1ccc(N(Cc2ccccc2)S(C)(=O)=O)cc1. The molecule has 0 fully saturated rings. The van der Waals surface area contributed by atoms with E-state index in [4.69, 9.17) is 4.74 Å². The second-order valence-corrected chi connectivity index (χ2v) is 8.70. The Morgan fingerprint density at radius 1 is 1.11 bits per heavy atom. The van der Waals surface area contributed by atoms with Gasteiger partial charge in [0.15, 0.2) is 6.61 Å². The van der Waals surface area contributed by atoms with Crippen LogP contribution in [-0.4, -0.2) is 33.2 Å². The van der Waals surface area contributed by atoms with Crippen molar-refractivity contribution in [3.05, 3.63) is 60.2 Å². The number of carbonyl (C=O) groups is 1. The van der Waals surface area contributed by atoms with Crippen LogP contribution >= 0.6 is 0 Å². The predicted octanol–water partition coefficient (Wildman–Crippen LogP) is 3.34. The van der Waals surface area contributed by atoms with E-state index < -0.39 is 10.0 Å². The van der Waals surface area contributed by atoms with E-state index in [9.17, 15) is 13.2 Å². The van der Waals surface area contributed by atoms with Gasteiger partial charge in [0.1, 0.15) is 5.75 Å². The predicted molar refractivity (Wildman–Crippen MR) is 112 cm³/mol. The monoisotopic (exact) mass is 404 g/mol. The van der Waals surface area contributed by atoms with Gasteiger partial charge in [-0.1, -0.05) is 43.7 Å². The molecule has 28 heavy (non-hydrogen) atoms. The van der Waals surface area contributed by atoms with Crippen LogP contribution in [-0.2, 0) is 21.4 Å². The van der Waals surface area contributed by atoms with Gasteiger partial charge in [-0.2, -0.15) is 0 Å². The highest BCUT2D eigenvalue weighted by Crippen LogP contribution is 2.23. The van der Waals surface area contributed by atoms with Crippen molar-refractivity contribution in [2.24, 2.45) is 0 Å². The summed E-state index contributed by atoms with van der Waals surface area (Å²) in [5.41, 5.74) is 1.44. The Morgan fingerprint density at radius 2 is 1.75 bits per heavy atom. The van der Waals surface area contributed by atoms with Gasteiger partial charge in [-0.05, 0) is 43.2 Å². The van der Waals surface area contributed by atoms with E-state index in [-0.39, 0.29) is 25.1 Å². The highest BCUT2D eigenvalue weighted by Gasteiger charge is 2.18. The number of carbonyl (C=O) groups excluding carboxylic acids is 1. The van der Waals surface area contributed by atoms with Crippen LogP contribution in [0, 0.1) is 0 Å². The molecule has 1 atom stereocenters. The summed E-state index contributed by atoms with van der Waals surface area (Å²) in [6.45, 7) is 4.20. The minimum absolute atomic E-state index is 0.0762. The zero-order valence-corrected chi connectivity index (χ0v) is 17.4. The van der Waals surface area contributed by atoms with Gasteiger partial charge in [0.25, 0.3) is 5.91 Å². The first-order valence-corrected chi connectivity index (χ1v) is 11.2. The Balaban J connectivity index is 2.01. The summed E-state index contributed by atoms with van der Waals surface area (Å²) in [6.07, 6.45) is 3.11. The topological polar surface area (TPSA) is 75.7 Å². The maximum atomic E-state index is 12.2. The van der Waals surface area contributed by atoms with Gasteiger partial charge in [0, 0.05) is 6.04 Å². The normalized spacial score (nSPS) is 12.2. The second-order valence-electron chi connectivity index (χ2n) is 6.80. The third-order valence-corrected chi connectivity index (χ3v) is 5.33. The molecule has 2 rings (SSSR count). The maximum Gasteiger partial charge on any atom is 0.258 e. The molecule has 0 aliphatic carbocycles. The van der Waals surface area contributed by atoms with Crippen LogP contribution in [0.4, 0.5) is 5.69 Å². The first-order valence-electron chi connectivity index (χ1n) is 9.33. The van der Waals surface area contributed by atoms with E-state index in [0.717, 1.165) is 18.4 Å². The summed E-state index contributed by atoms with van der Waals surface area (Å²) in [5.74, 6) is 0.335. The number of hydrogen-bond acceptors (Lipinski definition) is 4. The fraction of sp³-hybridized carbons (Fsp3) is 0.381. The second kappa shape index (κ2) is 10.1. The average Bonchev–Trinajstić information content (AvgIpc) is 2.65. The molecule has 0 aromatic heterocycles. The van der Waals surface area contributed by atoms with Gasteiger partial charge in [-0.3, -0.25) is 9.10 Å². The van der Waals surface area contributed by atoms with Crippen molar-refractivity contribution in [2.75, 3.05) is 17.2 Å². The van der Waals surface area contributed by atoms with Crippen LogP contribution in [0.2, 0.25) is 0 Å². The van der Waals surface area contributed by atoms with Crippen molar-refractivity contribution in [3.63, 3.8) is 0 Å². The fourth-order valence-electron chi connectivity index (χ4n) is 2.83. The van der Waals surface area contributed by atoms with Crippen LogP contribution in [0.5, 0.6) is 5.75 Å². The van der Waals surface area contributed by atoms with E-state index in [0.29, 0.717) is 11.4 Å². The molecular formula is C21H28N2O4S. The Morgan fingerprint density at radius 3 is 2.32 bits per heavy atom. The fourth-order valence-corrected chi connectivity index (χ4v) is 3.72. The molecular weight excluding hydrogens is 376 g/mol. The standard InChI is InChI=1S/C21H28N2O4S/c1-4-8-17(2)22-21(24)16-27-20-13-11-19(12-14-20)23(28(3,25)26)15-18-9-6-5-7-10-18/h5-7,9-14,17H,4,8,15-16H2,1-3H3,(H,22,24)/t17-/m1/s1. The van der Waals surface area contributed by atoms with Gasteiger partial charge < -0.3 is 10.1 Å². The van der Waals surface area contributed by atoms with Gasteiger partial charge in [0.2, 0.25) is 10.0 Å². The van der Waals surface area contributed by atoms with E-state index in [1.54, 1.807) is 24.3 Å². The van der Waals surface area contributed by atoms with Crippen molar-refractivity contribution in [1.82, 2.24) is 5.32 Å². The van der Waals surface area contributed by atoms with Crippen LogP contribution in [0.15, 0.2) is 54.6 Å². The number of benzene rings is 2. The molecule has 1 N–H and O–H groups in total. The molecule has 1 amide bonds. The Kier molecular flexibility index (Phi) is 7.87. The van der Waals surface area contributed by atoms with Gasteiger partial charge >= 0.3 is 0 Å². The maximum absolute atomic E-state index is 12.2. The molecule has 152 valence electrons. The third kappa shape index (κ3) is 6.88. The van der Waals surface area contributed by atoms with Gasteiger partial charge in [-0.25, -0.2) is 8.42 Å². The van der Waals surface area contributed by atoms with Crippen molar-refractivity contribution >= 4 is 21.6 Å². The Hall–Kier alpha value is -2.54. The van der Waals surface area contributed by atoms with Crippen LogP contribution in [0.25, 0.3) is 0 Å². The highest BCUT2D eigenvalue weighted by molar-refractivity contribution is 7.92. The zero-order chi connectivity index (χ0) is 20.6. The number of anilines is 1. The lowest BCUT2D eigenvalue weighted by Crippen LogP contribution is -2.35. The van der Waals surface area contributed by atoms with Gasteiger partial charge in [0.05, 0.1) is 18.5 Å². The molecule has 0 saturated carbocycles. The summed E-state index contributed by atoms with van der Waals surface area (Å²) in [5, 5.41) is 2.88. The largest absolute Gasteiger partial charge is 0.484 e. The number of ether oxygens (including phenoxy) is 1. The molecule has 7 heteroatoms. The summed E-state index contributed by atoms with van der Waals surface area (Å²) >= 11 is 0. The number of amides is 1. The summed E-state index contributed by atoms with van der Waals surface area (Å²) < 4.78 is 31.3. The van der Waals surface area contributed by atoms with Gasteiger partial charge in [-0.15, -0.1) is 0 Å². The molecule has 0 aliphatic rings. The zero-order valence-electron chi connectivity index (χ0n) is 16.6. The minimum Gasteiger partial charge on any atom is -0.484 e. The summed E-state index contributed by atoms with van der Waals surface area (Å²) in [4.78, 5) is 11.9. The smallest absolute Gasteiger partial charge is 0.258 e. The number of rotatable bonds is 10. The molecule has 0 aliphatic heterocycles. The van der Waals surface area contributed by atoms with Crippen molar-refractivity contribution in [2.45, 2.75) is 39.3 Å². The Bertz CT molecular complexity index is 852. The van der Waals surface area contributed by atoms with Crippen molar-refractivity contribution in [3.8, 4) is 5.75 Å². The molecule has 0 bridgehead atoms. The highest BCUT2D eigenvalue weighted by atomic mass is 32.2. The van der Waals surface area contributed by atoms with Crippen LogP contribution in [0.3, 0.4) is 0 Å². The van der Waals surface area contributed by atoms with E-state index in [1.165, 1.54) is 10.6 Å². The Labute approximate surface area is 167 Å². The average molecular weight is 405 g/mol. The molecule has 0 heterocycles. The van der Waals surface area contributed by atoms with E-state index >= 15 is 0 Å². The minimum atomic E-state index is -3.45. The number of nitrogens with zero attached hydrogens (tertiary/aromatic N) is 1. The number of sulfonamides is 1. The van der Waals surface area contributed by atoms with Crippen LogP contribution in [0.1, 0.15) is 32.3 Å². The lowest BCUT2D eigenvalue weighted by molar-refractivity contribution is -0.123. The van der Waals surface area contributed by atoms with E-state index in [1.807, 2.05) is 37.3 Å². The quantitative estimate of drug-likeness (QED) is 0.659. The van der Waals surface area contributed by atoms with Crippen molar-refractivity contribution in [1.29, 1.82) is 0 Å². The van der Waals surface area contributed by atoms with Crippen molar-refractivity contribution < 1.29 is 17.9 Å². The molecule has 0 radical (unpaired) electrons. The van der Waals surface area contributed by atoms with E-state index in [2.05, 4.69) is 12.2 Å². The number of nitrogens with one attached hydrogen (secondary N) is 1. The lowest BCUT2D eigenvalue weighted by atomic mass is 10.2. The lowest BCUT2D eigenvalue weighted by Gasteiger charge is -2.22. The molecule has 6 nitrogen and oxygen atoms in total. The molecule has 0 spiro atoms. The molecule has 2 aromatic carbocycles. The third-order valence-electron chi connectivity index (χ3n) is 4.19. The summed E-state index contributed by atoms with van der Waals surface area (Å²) in [7, 11) is -3.45. The molecule has 2 aromatic rings. The molecule has 0 saturated heterocycles. The van der Waals surface area contributed by atoms with Crippen LogP contribution < -0.4 is 14.4 Å². The molecule has 0 unspecified atom stereocenters. The first kappa shape index (κ1) is 21.8.